The van der Waals surface area contributed by atoms with Gasteiger partial charge in [-0.3, -0.25) is 14.9 Å². The number of methoxy groups -OCH3 is 1. The van der Waals surface area contributed by atoms with E-state index in [-0.39, 0.29) is 12.5 Å². The molecule has 0 spiro atoms. The van der Waals surface area contributed by atoms with Gasteiger partial charge in [-0.25, -0.2) is 0 Å². The molecular formula is C23H26N4O3. The van der Waals surface area contributed by atoms with Crippen molar-refractivity contribution in [2.45, 2.75) is 20.3 Å². The van der Waals surface area contributed by atoms with Crippen molar-refractivity contribution < 1.29 is 14.3 Å². The fourth-order valence-corrected chi connectivity index (χ4v) is 2.94. The number of nitrogens with one attached hydrogen (secondary N) is 2. The average Bonchev–Trinajstić information content (AvgIpc) is 3.09. The van der Waals surface area contributed by atoms with Crippen LogP contribution in [0.2, 0.25) is 0 Å². The number of nitrogens with zero attached hydrogens (tertiary/aromatic N) is 2. The summed E-state index contributed by atoms with van der Waals surface area (Å²) in [6.07, 6.45) is 2.52. The number of benzene rings is 2. The van der Waals surface area contributed by atoms with Gasteiger partial charge in [0.1, 0.15) is 5.69 Å². The van der Waals surface area contributed by atoms with Crippen LogP contribution in [0.15, 0.2) is 53.5 Å². The van der Waals surface area contributed by atoms with Crippen LogP contribution in [0.4, 0.5) is 5.69 Å². The molecule has 0 unspecified atom stereocenters. The zero-order chi connectivity index (χ0) is 21.3. The Kier molecular flexibility index (Phi) is 7.21. The minimum absolute atomic E-state index is 0.0774. The summed E-state index contributed by atoms with van der Waals surface area (Å²) < 4.78 is 11.0. The minimum Gasteiger partial charge on any atom is -0.493 e. The van der Waals surface area contributed by atoms with Gasteiger partial charge in [-0.1, -0.05) is 30.3 Å². The highest BCUT2D eigenvalue weighted by Crippen LogP contribution is 2.28. The Balaban J connectivity index is 1.54. The Morgan fingerprint density at radius 2 is 1.97 bits per heavy atom. The molecule has 0 aliphatic carbocycles. The van der Waals surface area contributed by atoms with Gasteiger partial charge < -0.3 is 14.8 Å². The third kappa shape index (κ3) is 5.70. The number of aryl methyl sites for hydroxylation is 2. The van der Waals surface area contributed by atoms with Crippen molar-refractivity contribution in [1.29, 1.82) is 0 Å². The second kappa shape index (κ2) is 10.2. The van der Waals surface area contributed by atoms with Crippen LogP contribution in [0.3, 0.4) is 0 Å². The maximum atomic E-state index is 12.1. The fraction of sp³-hybridized carbons (Fsp3) is 0.261. The molecule has 0 radical (unpaired) electrons. The Morgan fingerprint density at radius 1 is 1.17 bits per heavy atom. The fourth-order valence-electron chi connectivity index (χ4n) is 2.94. The van der Waals surface area contributed by atoms with E-state index < -0.39 is 0 Å². The molecule has 7 heteroatoms. The lowest BCUT2D eigenvalue weighted by Gasteiger charge is -2.11. The van der Waals surface area contributed by atoms with Crippen LogP contribution >= 0.6 is 0 Å². The van der Waals surface area contributed by atoms with Crippen molar-refractivity contribution in [3.8, 4) is 11.5 Å². The van der Waals surface area contributed by atoms with Gasteiger partial charge in [0, 0.05) is 12.8 Å². The second-order valence-corrected chi connectivity index (χ2v) is 6.83. The maximum absolute atomic E-state index is 12.1. The van der Waals surface area contributed by atoms with Crippen LogP contribution in [-0.2, 0) is 11.2 Å². The quantitative estimate of drug-likeness (QED) is 0.532. The molecule has 1 heterocycles. The van der Waals surface area contributed by atoms with Crippen molar-refractivity contribution >= 4 is 17.8 Å². The number of H-pyrrole nitrogens is 1. The normalized spacial score (nSPS) is 10.9. The lowest BCUT2D eigenvalue weighted by atomic mass is 10.1. The van der Waals surface area contributed by atoms with Crippen molar-refractivity contribution in [3.63, 3.8) is 0 Å². The number of carbonyl (C=O) groups is 1. The molecule has 1 aromatic heterocycles. The highest BCUT2D eigenvalue weighted by molar-refractivity contribution is 5.83. The predicted molar refractivity (Wildman–Crippen MR) is 117 cm³/mol. The lowest BCUT2D eigenvalue weighted by molar-refractivity contribution is -0.123. The van der Waals surface area contributed by atoms with E-state index in [4.69, 9.17) is 9.47 Å². The number of carbonyl (C=O) groups excluding carboxylic acids is 1. The molecule has 0 atom stereocenters. The van der Waals surface area contributed by atoms with Crippen LogP contribution in [0.5, 0.6) is 11.5 Å². The lowest BCUT2D eigenvalue weighted by Crippen LogP contribution is -2.30. The highest BCUT2D eigenvalue weighted by Gasteiger charge is 2.09. The van der Waals surface area contributed by atoms with Gasteiger partial charge in [-0.05, 0) is 49.6 Å². The van der Waals surface area contributed by atoms with Crippen molar-refractivity contribution in [2.24, 2.45) is 4.99 Å². The highest BCUT2D eigenvalue weighted by atomic mass is 16.5. The average molecular weight is 406 g/mol. The zero-order valence-corrected chi connectivity index (χ0v) is 17.4. The van der Waals surface area contributed by atoms with Gasteiger partial charge in [-0.2, -0.15) is 5.10 Å². The van der Waals surface area contributed by atoms with Gasteiger partial charge in [0.2, 0.25) is 0 Å². The van der Waals surface area contributed by atoms with Crippen LogP contribution < -0.4 is 14.8 Å². The van der Waals surface area contributed by atoms with E-state index in [1.165, 1.54) is 5.56 Å². The summed E-state index contributed by atoms with van der Waals surface area (Å²) in [4.78, 5) is 16.6. The Bertz CT molecular complexity index is 993. The van der Waals surface area contributed by atoms with E-state index in [1.54, 1.807) is 19.4 Å². The molecule has 2 aromatic carbocycles. The molecule has 0 saturated carbocycles. The molecule has 3 aromatic rings. The number of hydrogen-bond acceptors (Lipinski definition) is 5. The molecule has 0 bridgehead atoms. The number of ether oxygens (including phenoxy) is 2. The first-order valence-corrected chi connectivity index (χ1v) is 9.74. The molecule has 0 aliphatic rings. The summed E-state index contributed by atoms with van der Waals surface area (Å²) in [6.45, 7) is 4.31. The summed E-state index contributed by atoms with van der Waals surface area (Å²) >= 11 is 0. The van der Waals surface area contributed by atoms with E-state index in [1.807, 2.05) is 56.3 Å². The SMILES string of the molecule is COc1cc(C=Nc2c(C)n[nH]c2C)ccc1OCC(=O)NCCc1ccccc1. The minimum atomic E-state index is -0.176. The summed E-state index contributed by atoms with van der Waals surface area (Å²) in [5.74, 6) is 0.865. The molecule has 30 heavy (non-hydrogen) atoms. The predicted octanol–water partition coefficient (Wildman–Crippen LogP) is 3.52. The van der Waals surface area contributed by atoms with Gasteiger partial charge in [-0.15, -0.1) is 0 Å². The molecule has 0 fully saturated rings. The number of hydrogen-bond donors (Lipinski definition) is 2. The smallest absolute Gasteiger partial charge is 0.257 e. The molecule has 1 amide bonds. The van der Waals surface area contributed by atoms with E-state index in [2.05, 4.69) is 20.5 Å². The first-order valence-electron chi connectivity index (χ1n) is 9.74. The largest absolute Gasteiger partial charge is 0.493 e. The molecule has 2 N–H and O–H groups in total. The Hall–Kier alpha value is -3.61. The molecular weight excluding hydrogens is 380 g/mol. The molecule has 3 rings (SSSR count). The molecule has 156 valence electrons. The Morgan fingerprint density at radius 3 is 2.67 bits per heavy atom. The number of aromatic amines is 1. The van der Waals surface area contributed by atoms with Gasteiger partial charge >= 0.3 is 0 Å². The topological polar surface area (TPSA) is 88.6 Å². The van der Waals surface area contributed by atoms with Crippen LogP contribution in [0.25, 0.3) is 0 Å². The van der Waals surface area contributed by atoms with Crippen LogP contribution in [0.1, 0.15) is 22.5 Å². The summed E-state index contributed by atoms with van der Waals surface area (Å²) in [5, 5.41) is 9.91. The summed E-state index contributed by atoms with van der Waals surface area (Å²) in [5.41, 5.74) is 4.61. The third-order valence-electron chi connectivity index (χ3n) is 4.56. The van der Waals surface area contributed by atoms with E-state index in [0.29, 0.717) is 18.0 Å². The van der Waals surface area contributed by atoms with Crippen molar-refractivity contribution in [1.82, 2.24) is 15.5 Å². The van der Waals surface area contributed by atoms with Gasteiger partial charge in [0.25, 0.3) is 5.91 Å². The number of rotatable bonds is 9. The molecule has 0 aliphatic heterocycles. The maximum Gasteiger partial charge on any atom is 0.257 e. The molecule has 0 saturated heterocycles. The third-order valence-corrected chi connectivity index (χ3v) is 4.56. The number of amides is 1. The van der Waals surface area contributed by atoms with Gasteiger partial charge in [0.15, 0.2) is 18.1 Å². The summed E-state index contributed by atoms with van der Waals surface area (Å²) in [7, 11) is 1.56. The van der Waals surface area contributed by atoms with Crippen molar-refractivity contribution in [3.05, 3.63) is 71.0 Å². The monoisotopic (exact) mass is 406 g/mol. The Labute approximate surface area is 176 Å². The number of aromatic nitrogens is 2. The second-order valence-electron chi connectivity index (χ2n) is 6.83. The van der Waals surface area contributed by atoms with E-state index in [9.17, 15) is 4.79 Å². The standard InChI is InChI=1S/C23H26N4O3/c1-16-23(17(2)27-26-16)25-14-19-9-10-20(21(13-19)29-3)30-15-22(28)24-12-11-18-7-5-4-6-8-18/h4-10,13-14H,11-12,15H2,1-3H3,(H,24,28)(H,26,27). The number of aliphatic imine (C=N–C) groups is 1. The zero-order valence-electron chi connectivity index (χ0n) is 17.4. The van der Waals surface area contributed by atoms with Gasteiger partial charge in [0.05, 0.1) is 18.5 Å². The molecule has 7 nitrogen and oxygen atoms in total. The van der Waals surface area contributed by atoms with E-state index in [0.717, 1.165) is 29.1 Å². The first kappa shape index (κ1) is 21.1. The van der Waals surface area contributed by atoms with Crippen LogP contribution in [-0.4, -0.2) is 42.6 Å². The van der Waals surface area contributed by atoms with Crippen LogP contribution in [0, 0.1) is 13.8 Å². The summed E-state index contributed by atoms with van der Waals surface area (Å²) in [6, 6.07) is 15.5. The first-order chi connectivity index (χ1) is 14.6. The van der Waals surface area contributed by atoms with Crippen molar-refractivity contribution in [2.75, 3.05) is 20.3 Å². The van der Waals surface area contributed by atoms with E-state index >= 15 is 0 Å².